The lowest BCUT2D eigenvalue weighted by molar-refractivity contribution is -0.145. The minimum Gasteiger partial charge on any atom is -0.467 e. The lowest BCUT2D eigenvalue weighted by atomic mass is 10.0. The van der Waals surface area contributed by atoms with Gasteiger partial charge in [0.15, 0.2) is 0 Å². The second kappa shape index (κ2) is 8.70. The number of aromatic nitrogens is 2. The summed E-state index contributed by atoms with van der Waals surface area (Å²) in [4.78, 5) is 29.2. The fraction of sp³-hybridized carbons (Fsp3) is 0.550. The van der Waals surface area contributed by atoms with Gasteiger partial charge in [-0.3, -0.25) is 10.2 Å². The molecule has 1 aromatic heterocycles. The van der Waals surface area contributed by atoms with Gasteiger partial charge >= 0.3 is 5.97 Å². The third kappa shape index (κ3) is 4.51. The molecule has 1 aliphatic rings. The minimum atomic E-state index is -0.627. The quantitative estimate of drug-likeness (QED) is 0.620. The van der Waals surface area contributed by atoms with E-state index in [2.05, 4.69) is 31.8 Å². The first-order valence-electron chi connectivity index (χ1n) is 9.70. The van der Waals surface area contributed by atoms with Gasteiger partial charge in [0, 0.05) is 12.6 Å². The normalized spacial score (nSPS) is 20.5. The summed E-state index contributed by atoms with van der Waals surface area (Å²) < 4.78 is 6.98. The molecule has 0 radical (unpaired) electrons. The molecule has 1 amide bonds. The van der Waals surface area contributed by atoms with Gasteiger partial charge in [-0.05, 0) is 37.8 Å². The topological polar surface area (TPSA) is 97.3 Å². The number of benzene rings is 1. The number of para-hydroxylation sites is 2. The molecule has 28 heavy (non-hydrogen) atoms. The van der Waals surface area contributed by atoms with Crippen LogP contribution in [0.2, 0.25) is 0 Å². The Bertz CT molecular complexity index is 847. The van der Waals surface area contributed by atoms with Gasteiger partial charge in [0.1, 0.15) is 17.9 Å². The number of imidazole rings is 1. The number of rotatable bonds is 7. The third-order valence-corrected chi connectivity index (χ3v) is 5.06. The summed E-state index contributed by atoms with van der Waals surface area (Å²) in [6.45, 7) is 6.70. The van der Waals surface area contributed by atoms with Crippen LogP contribution in [0.5, 0.6) is 0 Å². The molecule has 1 aliphatic heterocycles. The number of methoxy groups -OCH3 is 1. The smallest absolute Gasteiger partial charge is 0.328 e. The number of hydrogen-bond donors (Lipinski definition) is 3. The van der Waals surface area contributed by atoms with E-state index >= 15 is 0 Å². The van der Waals surface area contributed by atoms with Crippen molar-refractivity contribution in [1.82, 2.24) is 25.7 Å². The lowest BCUT2D eigenvalue weighted by Gasteiger charge is -2.20. The molecule has 2 aromatic rings. The van der Waals surface area contributed by atoms with E-state index in [0.29, 0.717) is 19.4 Å². The average Bonchev–Trinajstić information content (AvgIpc) is 3.25. The Morgan fingerprint density at radius 2 is 2.07 bits per heavy atom. The molecule has 3 rings (SSSR count). The highest BCUT2D eigenvalue weighted by atomic mass is 16.5. The van der Waals surface area contributed by atoms with Crippen LogP contribution in [0.4, 0.5) is 0 Å². The zero-order valence-electron chi connectivity index (χ0n) is 16.9. The van der Waals surface area contributed by atoms with E-state index in [4.69, 9.17) is 4.74 Å². The molecular weight excluding hydrogens is 358 g/mol. The minimum absolute atomic E-state index is 0.0775. The van der Waals surface area contributed by atoms with Gasteiger partial charge in [-0.15, -0.1) is 0 Å². The lowest BCUT2D eigenvalue weighted by Crippen LogP contribution is -2.50. The van der Waals surface area contributed by atoms with E-state index < -0.39 is 18.1 Å². The van der Waals surface area contributed by atoms with Crippen LogP contribution in [0.15, 0.2) is 24.3 Å². The number of carbonyl (C=O) groups excluding carboxylic acids is 2. The molecule has 2 heterocycles. The van der Waals surface area contributed by atoms with Crippen molar-refractivity contribution >= 4 is 22.9 Å². The molecule has 0 spiro atoms. The first-order chi connectivity index (χ1) is 13.4. The van der Waals surface area contributed by atoms with Gasteiger partial charge in [0.25, 0.3) is 0 Å². The average molecular weight is 387 g/mol. The third-order valence-electron chi connectivity index (χ3n) is 5.06. The number of ether oxygens (including phenoxy) is 1. The molecule has 1 saturated heterocycles. The van der Waals surface area contributed by atoms with Crippen LogP contribution in [0.25, 0.3) is 11.0 Å². The number of hydrogen-bond acceptors (Lipinski definition) is 6. The number of nitrogens with zero attached hydrogens (tertiary/aromatic N) is 2. The number of nitrogens with one attached hydrogen (secondary N) is 3. The molecule has 2 unspecified atom stereocenters. The molecule has 0 aliphatic carbocycles. The highest BCUT2D eigenvalue weighted by Crippen LogP contribution is 2.18. The summed E-state index contributed by atoms with van der Waals surface area (Å²) in [7, 11) is 1.34. The summed E-state index contributed by atoms with van der Waals surface area (Å²) in [6.07, 6.45) is 1.16. The second-order valence-electron chi connectivity index (χ2n) is 7.75. The monoisotopic (exact) mass is 387 g/mol. The summed E-state index contributed by atoms with van der Waals surface area (Å²) >= 11 is 0. The van der Waals surface area contributed by atoms with Crippen LogP contribution in [-0.4, -0.2) is 46.7 Å². The van der Waals surface area contributed by atoms with E-state index in [1.165, 1.54) is 7.11 Å². The van der Waals surface area contributed by atoms with Crippen molar-refractivity contribution in [1.29, 1.82) is 0 Å². The van der Waals surface area contributed by atoms with Crippen LogP contribution in [0.1, 0.15) is 32.5 Å². The molecule has 1 fully saturated rings. The van der Waals surface area contributed by atoms with Gasteiger partial charge < -0.3 is 14.6 Å². The Balaban J connectivity index is 1.62. The summed E-state index contributed by atoms with van der Waals surface area (Å²) in [6, 6.07) is 7.07. The van der Waals surface area contributed by atoms with Crippen molar-refractivity contribution in [2.24, 2.45) is 5.92 Å². The maximum absolute atomic E-state index is 12.6. The molecular formula is C20H29N5O3. The standard InChI is InChI=1S/C20H29N5O3/c1-12(2)9-17(20(27)28-4)22-19(26)16-10-14(23-24-16)11-25-13(3)21-15-7-5-6-8-18(15)25/h5-8,12,14,16-17,23-24H,9-11H2,1-4H3,(H,22,26)/t14?,16?,17-/m0/s1. The predicted octanol–water partition coefficient (Wildman–Crippen LogP) is 1.28. The highest BCUT2D eigenvalue weighted by molar-refractivity contribution is 5.87. The van der Waals surface area contributed by atoms with Crippen LogP contribution in [0.3, 0.4) is 0 Å². The summed E-state index contributed by atoms with van der Waals surface area (Å²) in [5.74, 6) is 0.603. The molecule has 3 atom stereocenters. The molecule has 1 aromatic carbocycles. The zero-order valence-corrected chi connectivity index (χ0v) is 16.9. The Hall–Kier alpha value is -2.45. The van der Waals surface area contributed by atoms with Crippen LogP contribution in [0, 0.1) is 12.8 Å². The SMILES string of the molecule is COC(=O)[C@H](CC(C)C)NC(=O)C1CC(Cn2c(C)nc3ccccc32)NN1. The number of aryl methyl sites for hydroxylation is 1. The van der Waals surface area contributed by atoms with Crippen LogP contribution in [-0.2, 0) is 20.9 Å². The number of hydrazine groups is 1. The fourth-order valence-electron chi connectivity index (χ4n) is 3.66. The summed E-state index contributed by atoms with van der Waals surface area (Å²) in [5.41, 5.74) is 8.30. The van der Waals surface area contributed by atoms with E-state index in [1.54, 1.807) is 0 Å². The number of esters is 1. The molecule has 3 N–H and O–H groups in total. The Morgan fingerprint density at radius 3 is 2.79 bits per heavy atom. The largest absolute Gasteiger partial charge is 0.467 e. The van der Waals surface area contributed by atoms with Gasteiger partial charge in [-0.2, -0.15) is 0 Å². The molecule has 0 bridgehead atoms. The fourth-order valence-corrected chi connectivity index (χ4v) is 3.66. The van der Waals surface area contributed by atoms with Gasteiger partial charge in [0.05, 0.1) is 18.1 Å². The van der Waals surface area contributed by atoms with Crippen molar-refractivity contribution < 1.29 is 14.3 Å². The molecule has 152 valence electrons. The first-order valence-corrected chi connectivity index (χ1v) is 9.70. The molecule has 8 nitrogen and oxygen atoms in total. The van der Waals surface area contributed by atoms with E-state index in [1.807, 2.05) is 39.0 Å². The van der Waals surface area contributed by atoms with Crippen LogP contribution < -0.4 is 16.2 Å². The second-order valence-corrected chi connectivity index (χ2v) is 7.75. The Kier molecular flexibility index (Phi) is 6.31. The Morgan fingerprint density at radius 1 is 1.32 bits per heavy atom. The van der Waals surface area contributed by atoms with Crippen molar-refractivity contribution in [2.45, 2.75) is 58.3 Å². The number of carbonyl (C=O) groups is 2. The maximum atomic E-state index is 12.6. The van der Waals surface area contributed by atoms with Gasteiger partial charge in [-0.1, -0.05) is 26.0 Å². The summed E-state index contributed by atoms with van der Waals surface area (Å²) in [5, 5.41) is 2.83. The van der Waals surface area contributed by atoms with Gasteiger partial charge in [0.2, 0.25) is 5.91 Å². The van der Waals surface area contributed by atoms with Crippen molar-refractivity contribution in [3.63, 3.8) is 0 Å². The van der Waals surface area contributed by atoms with Crippen molar-refractivity contribution in [3.8, 4) is 0 Å². The molecule has 8 heteroatoms. The van der Waals surface area contributed by atoms with E-state index in [0.717, 1.165) is 16.9 Å². The maximum Gasteiger partial charge on any atom is 0.328 e. The molecule has 0 saturated carbocycles. The zero-order chi connectivity index (χ0) is 20.3. The van der Waals surface area contributed by atoms with Gasteiger partial charge in [-0.25, -0.2) is 15.2 Å². The van der Waals surface area contributed by atoms with E-state index in [-0.39, 0.29) is 17.9 Å². The highest BCUT2D eigenvalue weighted by Gasteiger charge is 2.32. The predicted molar refractivity (Wildman–Crippen MR) is 106 cm³/mol. The van der Waals surface area contributed by atoms with Crippen molar-refractivity contribution in [2.75, 3.05) is 7.11 Å². The van der Waals surface area contributed by atoms with E-state index in [9.17, 15) is 9.59 Å². The van der Waals surface area contributed by atoms with Crippen LogP contribution >= 0.6 is 0 Å². The van der Waals surface area contributed by atoms with Crippen molar-refractivity contribution in [3.05, 3.63) is 30.1 Å². The number of fused-ring (bicyclic) bond motifs is 1. The Labute approximate surface area is 165 Å². The number of amides is 1. The first kappa shape index (κ1) is 20.3.